The van der Waals surface area contributed by atoms with E-state index >= 15 is 0 Å². The molecule has 2 N–H and O–H groups in total. The molecule has 0 amide bonds. The smallest absolute Gasteiger partial charge is 0.0995 e. The lowest BCUT2D eigenvalue weighted by Gasteiger charge is -2.23. The van der Waals surface area contributed by atoms with E-state index in [0.717, 1.165) is 38.1 Å². The van der Waals surface area contributed by atoms with Crippen LogP contribution in [0.15, 0.2) is 12.1 Å². The van der Waals surface area contributed by atoms with Crippen LogP contribution >= 0.6 is 0 Å². The Labute approximate surface area is 112 Å². The quantitative estimate of drug-likeness (QED) is 0.825. The minimum atomic E-state index is 0.208. The number of fused-ring (bicyclic) bond motifs is 3. The second-order valence-corrected chi connectivity index (χ2v) is 5.52. The number of ether oxygens (including phenoxy) is 1. The van der Waals surface area contributed by atoms with Crippen LogP contribution in [0, 0.1) is 0 Å². The van der Waals surface area contributed by atoms with E-state index in [1.54, 1.807) is 0 Å². The molecule has 100 valence electrons. The number of hydrogen-bond acceptors (Lipinski definition) is 3. The van der Waals surface area contributed by atoms with Crippen LogP contribution in [0.25, 0.3) is 10.9 Å². The van der Waals surface area contributed by atoms with Gasteiger partial charge in [-0.1, -0.05) is 6.07 Å². The second kappa shape index (κ2) is 4.62. The summed E-state index contributed by atoms with van der Waals surface area (Å²) in [4.78, 5) is 0. The van der Waals surface area contributed by atoms with E-state index in [0.29, 0.717) is 0 Å². The third-order valence-electron chi connectivity index (χ3n) is 4.32. The molecule has 19 heavy (non-hydrogen) atoms. The molecule has 2 aliphatic heterocycles. The van der Waals surface area contributed by atoms with Crippen LogP contribution in [0.2, 0.25) is 0 Å². The number of aromatic nitrogens is 2. The highest BCUT2D eigenvalue weighted by atomic mass is 16.5. The Morgan fingerprint density at radius 2 is 2.26 bits per heavy atom. The highest BCUT2D eigenvalue weighted by molar-refractivity contribution is 5.86. The van der Waals surface area contributed by atoms with Gasteiger partial charge in [-0.25, -0.2) is 0 Å². The summed E-state index contributed by atoms with van der Waals surface area (Å²) in [7, 11) is 0. The lowest BCUT2D eigenvalue weighted by molar-refractivity contribution is 0.0131. The van der Waals surface area contributed by atoms with E-state index in [1.807, 2.05) is 0 Å². The molecule has 4 nitrogen and oxygen atoms in total. The van der Waals surface area contributed by atoms with Crippen LogP contribution in [-0.4, -0.2) is 23.3 Å². The minimum Gasteiger partial charge on any atom is -0.372 e. The van der Waals surface area contributed by atoms with Crippen molar-refractivity contribution in [2.24, 2.45) is 0 Å². The third-order valence-corrected chi connectivity index (χ3v) is 4.32. The minimum absolute atomic E-state index is 0.208. The monoisotopic (exact) mass is 257 g/mol. The zero-order valence-electron chi connectivity index (χ0n) is 11.0. The van der Waals surface area contributed by atoms with Gasteiger partial charge in [-0.3, -0.25) is 5.10 Å². The molecule has 1 aromatic heterocycles. The van der Waals surface area contributed by atoms with Crippen LogP contribution in [-0.2, 0) is 17.7 Å². The molecular formula is C15H19N3O. The summed E-state index contributed by atoms with van der Waals surface area (Å²) in [6.07, 6.45) is 4.84. The first-order valence-corrected chi connectivity index (χ1v) is 7.24. The van der Waals surface area contributed by atoms with Gasteiger partial charge in [-0.15, -0.1) is 0 Å². The molecule has 4 rings (SSSR count). The summed E-state index contributed by atoms with van der Waals surface area (Å²) in [6.45, 7) is 2.91. The maximum absolute atomic E-state index is 5.93. The standard InChI is InChI=1S/C15H19N3O/c1-2-8-19-13(3-1)15-14-11-6-7-16-9-10(11)4-5-12(14)17-18-15/h4-5,13,16H,1-3,6-9H2,(H,17,18)/t13-/m1/s1. The van der Waals surface area contributed by atoms with Crippen molar-refractivity contribution in [1.29, 1.82) is 0 Å². The molecule has 1 fully saturated rings. The molecule has 4 heteroatoms. The van der Waals surface area contributed by atoms with Crippen molar-refractivity contribution < 1.29 is 4.74 Å². The predicted octanol–water partition coefficient (Wildman–Crippen LogP) is 2.45. The van der Waals surface area contributed by atoms with E-state index in [9.17, 15) is 0 Å². The van der Waals surface area contributed by atoms with Gasteiger partial charge < -0.3 is 10.1 Å². The van der Waals surface area contributed by atoms with Gasteiger partial charge in [0.15, 0.2) is 0 Å². The van der Waals surface area contributed by atoms with E-state index in [-0.39, 0.29) is 6.10 Å². The van der Waals surface area contributed by atoms with Crippen LogP contribution in [0.3, 0.4) is 0 Å². The van der Waals surface area contributed by atoms with Crippen molar-refractivity contribution in [2.75, 3.05) is 13.2 Å². The van der Waals surface area contributed by atoms with Crippen LogP contribution < -0.4 is 5.32 Å². The van der Waals surface area contributed by atoms with Gasteiger partial charge in [0.2, 0.25) is 0 Å². The van der Waals surface area contributed by atoms with Crippen molar-refractivity contribution in [1.82, 2.24) is 15.5 Å². The van der Waals surface area contributed by atoms with Crippen molar-refractivity contribution in [2.45, 2.75) is 38.3 Å². The normalized spacial score (nSPS) is 23.5. The van der Waals surface area contributed by atoms with Crippen molar-refractivity contribution in [3.05, 3.63) is 29.0 Å². The van der Waals surface area contributed by atoms with Gasteiger partial charge in [0.1, 0.15) is 0 Å². The Bertz CT molecular complexity index is 599. The molecule has 0 radical (unpaired) electrons. The average molecular weight is 257 g/mol. The fourth-order valence-corrected chi connectivity index (χ4v) is 3.34. The maximum atomic E-state index is 5.93. The SMILES string of the molecule is c1cc2n[nH]c([C@H]3CCCCO3)c2c2c1CNCC2. The first kappa shape index (κ1) is 11.4. The fourth-order valence-electron chi connectivity index (χ4n) is 3.34. The zero-order valence-corrected chi connectivity index (χ0v) is 11.0. The van der Waals surface area contributed by atoms with E-state index in [2.05, 4.69) is 27.6 Å². The third kappa shape index (κ3) is 1.86. The molecule has 2 aromatic rings. The lowest BCUT2D eigenvalue weighted by Crippen LogP contribution is -2.24. The molecule has 0 saturated carbocycles. The van der Waals surface area contributed by atoms with Gasteiger partial charge in [-0.2, -0.15) is 5.10 Å². The Hall–Kier alpha value is -1.39. The van der Waals surface area contributed by atoms with Gasteiger partial charge in [0.25, 0.3) is 0 Å². The first-order chi connectivity index (χ1) is 9.43. The first-order valence-electron chi connectivity index (χ1n) is 7.24. The highest BCUT2D eigenvalue weighted by Crippen LogP contribution is 2.34. The van der Waals surface area contributed by atoms with Crippen LogP contribution in [0.1, 0.15) is 42.2 Å². The molecule has 0 spiro atoms. The number of benzene rings is 1. The molecule has 1 atom stereocenters. The van der Waals surface area contributed by atoms with E-state index in [4.69, 9.17) is 4.74 Å². The van der Waals surface area contributed by atoms with E-state index < -0.39 is 0 Å². The maximum Gasteiger partial charge on any atom is 0.0995 e. The van der Waals surface area contributed by atoms with E-state index in [1.165, 1.54) is 35.0 Å². The summed E-state index contributed by atoms with van der Waals surface area (Å²) in [5.41, 5.74) is 5.17. The molecule has 1 aromatic carbocycles. The Morgan fingerprint density at radius 1 is 1.26 bits per heavy atom. The Kier molecular flexibility index (Phi) is 2.78. The topological polar surface area (TPSA) is 49.9 Å². The Morgan fingerprint density at radius 3 is 3.16 bits per heavy atom. The number of H-pyrrole nitrogens is 1. The Balaban J connectivity index is 1.86. The van der Waals surface area contributed by atoms with Gasteiger partial charge in [0.05, 0.1) is 17.3 Å². The number of rotatable bonds is 1. The van der Waals surface area contributed by atoms with Gasteiger partial charge in [0, 0.05) is 18.5 Å². The van der Waals surface area contributed by atoms with Gasteiger partial charge in [-0.05, 0) is 49.4 Å². The summed E-state index contributed by atoms with van der Waals surface area (Å²) in [5.74, 6) is 0. The molecule has 2 aliphatic rings. The van der Waals surface area contributed by atoms with Crippen LogP contribution in [0.4, 0.5) is 0 Å². The summed E-state index contributed by atoms with van der Waals surface area (Å²) in [5, 5.41) is 12.5. The molecule has 1 saturated heterocycles. The summed E-state index contributed by atoms with van der Waals surface area (Å²) < 4.78 is 5.93. The summed E-state index contributed by atoms with van der Waals surface area (Å²) >= 11 is 0. The molecular weight excluding hydrogens is 238 g/mol. The molecule has 0 aliphatic carbocycles. The number of hydrogen-bond donors (Lipinski definition) is 2. The largest absolute Gasteiger partial charge is 0.372 e. The molecule has 3 heterocycles. The average Bonchev–Trinajstić information content (AvgIpc) is 2.92. The van der Waals surface area contributed by atoms with Crippen molar-refractivity contribution >= 4 is 10.9 Å². The van der Waals surface area contributed by atoms with Crippen molar-refractivity contribution in [3.8, 4) is 0 Å². The number of nitrogens with one attached hydrogen (secondary N) is 2. The molecule has 0 bridgehead atoms. The summed E-state index contributed by atoms with van der Waals surface area (Å²) in [6, 6.07) is 4.33. The fraction of sp³-hybridized carbons (Fsp3) is 0.533. The zero-order chi connectivity index (χ0) is 12.7. The number of nitrogens with zero attached hydrogens (tertiary/aromatic N) is 1. The predicted molar refractivity (Wildman–Crippen MR) is 74.0 cm³/mol. The van der Waals surface area contributed by atoms with Crippen LogP contribution in [0.5, 0.6) is 0 Å². The van der Waals surface area contributed by atoms with Crippen molar-refractivity contribution in [3.63, 3.8) is 0 Å². The molecule has 0 unspecified atom stereocenters. The second-order valence-electron chi connectivity index (χ2n) is 5.52. The van der Waals surface area contributed by atoms with Gasteiger partial charge >= 0.3 is 0 Å². The lowest BCUT2D eigenvalue weighted by atomic mass is 9.93. The number of aromatic amines is 1. The highest BCUT2D eigenvalue weighted by Gasteiger charge is 2.24.